The van der Waals surface area contributed by atoms with Crippen LogP contribution in [0.1, 0.15) is 24.8 Å². The molecule has 1 aromatic carbocycles. The van der Waals surface area contributed by atoms with Gasteiger partial charge in [-0.1, -0.05) is 12.1 Å². The molecule has 138 valence electrons. The van der Waals surface area contributed by atoms with Gasteiger partial charge in [0.05, 0.1) is 6.54 Å². The molecule has 2 aliphatic rings. The van der Waals surface area contributed by atoms with Crippen molar-refractivity contribution in [2.45, 2.75) is 25.8 Å². The molecule has 2 saturated heterocycles. The normalized spacial score (nSPS) is 18.6. The molecule has 3 rings (SSSR count). The Balaban J connectivity index is 0.00000225. The SMILES string of the molecule is Cl.O=C(CN1CCCNCC1)NCc1ccc(N2CCCC2=O)cc1. The van der Waals surface area contributed by atoms with Crippen LogP contribution >= 0.6 is 12.4 Å². The summed E-state index contributed by atoms with van der Waals surface area (Å²) in [5, 5.41) is 6.32. The van der Waals surface area contributed by atoms with E-state index in [1.54, 1.807) is 0 Å². The quantitative estimate of drug-likeness (QED) is 0.820. The third kappa shape index (κ3) is 5.70. The molecule has 7 heteroatoms. The number of benzene rings is 1. The number of halogens is 1. The Kier molecular flexibility index (Phi) is 7.68. The van der Waals surface area contributed by atoms with Gasteiger partial charge in [0.25, 0.3) is 0 Å². The van der Waals surface area contributed by atoms with Gasteiger partial charge in [-0.3, -0.25) is 14.5 Å². The van der Waals surface area contributed by atoms with Gasteiger partial charge in [-0.25, -0.2) is 0 Å². The van der Waals surface area contributed by atoms with E-state index < -0.39 is 0 Å². The first kappa shape index (κ1) is 19.7. The van der Waals surface area contributed by atoms with Gasteiger partial charge in [0.2, 0.25) is 11.8 Å². The standard InChI is InChI=1S/C18H26N4O2.ClH/c23-17(14-21-10-2-8-19-9-12-21)20-13-15-4-6-16(7-5-15)22-11-1-3-18(22)24;/h4-7,19H,1-3,8-14H2,(H,20,23);1H. The van der Waals surface area contributed by atoms with Crippen LogP contribution in [-0.2, 0) is 16.1 Å². The lowest BCUT2D eigenvalue weighted by Crippen LogP contribution is -2.38. The van der Waals surface area contributed by atoms with Crippen LogP contribution in [0.25, 0.3) is 0 Å². The summed E-state index contributed by atoms with van der Waals surface area (Å²) in [5.74, 6) is 0.263. The fourth-order valence-corrected chi connectivity index (χ4v) is 3.23. The fourth-order valence-electron chi connectivity index (χ4n) is 3.23. The second-order valence-electron chi connectivity index (χ2n) is 6.47. The van der Waals surface area contributed by atoms with Gasteiger partial charge in [-0.15, -0.1) is 12.4 Å². The highest BCUT2D eigenvalue weighted by molar-refractivity contribution is 5.95. The average molecular weight is 367 g/mol. The van der Waals surface area contributed by atoms with Crippen molar-refractivity contribution in [3.63, 3.8) is 0 Å². The van der Waals surface area contributed by atoms with Crippen molar-refractivity contribution in [1.29, 1.82) is 0 Å². The Hall–Kier alpha value is -1.63. The first-order chi connectivity index (χ1) is 11.7. The van der Waals surface area contributed by atoms with Crippen molar-refractivity contribution < 1.29 is 9.59 Å². The molecule has 0 aliphatic carbocycles. The van der Waals surface area contributed by atoms with E-state index in [1.807, 2.05) is 29.2 Å². The van der Waals surface area contributed by atoms with Crippen LogP contribution in [0.15, 0.2) is 24.3 Å². The maximum Gasteiger partial charge on any atom is 0.234 e. The highest BCUT2D eigenvalue weighted by atomic mass is 35.5. The van der Waals surface area contributed by atoms with Crippen molar-refractivity contribution in [3.8, 4) is 0 Å². The molecule has 0 saturated carbocycles. The summed E-state index contributed by atoms with van der Waals surface area (Å²) < 4.78 is 0. The van der Waals surface area contributed by atoms with Crippen molar-refractivity contribution in [2.75, 3.05) is 44.2 Å². The lowest BCUT2D eigenvalue weighted by molar-refractivity contribution is -0.122. The smallest absolute Gasteiger partial charge is 0.234 e. The minimum absolute atomic E-state index is 0. The van der Waals surface area contributed by atoms with Crippen LogP contribution < -0.4 is 15.5 Å². The van der Waals surface area contributed by atoms with E-state index in [2.05, 4.69) is 15.5 Å². The maximum absolute atomic E-state index is 12.1. The molecule has 0 bridgehead atoms. The van der Waals surface area contributed by atoms with Crippen molar-refractivity contribution in [3.05, 3.63) is 29.8 Å². The molecule has 2 fully saturated rings. The number of rotatable bonds is 5. The summed E-state index contributed by atoms with van der Waals surface area (Å²) in [7, 11) is 0. The largest absolute Gasteiger partial charge is 0.351 e. The van der Waals surface area contributed by atoms with E-state index in [4.69, 9.17) is 0 Å². The predicted octanol–water partition coefficient (Wildman–Crippen LogP) is 1.15. The molecule has 2 N–H and O–H groups in total. The molecule has 6 nitrogen and oxygen atoms in total. The molecular formula is C18H27ClN4O2. The third-order valence-electron chi connectivity index (χ3n) is 4.61. The molecule has 2 heterocycles. The summed E-state index contributed by atoms with van der Waals surface area (Å²) in [6, 6.07) is 7.89. The van der Waals surface area contributed by atoms with E-state index in [1.165, 1.54) is 0 Å². The number of hydrogen-bond acceptors (Lipinski definition) is 4. The molecule has 2 aliphatic heterocycles. The molecule has 0 spiro atoms. The van der Waals surface area contributed by atoms with Gasteiger partial charge in [0, 0.05) is 38.3 Å². The van der Waals surface area contributed by atoms with Gasteiger partial charge < -0.3 is 15.5 Å². The summed E-state index contributed by atoms with van der Waals surface area (Å²) in [6.45, 7) is 5.67. The molecule has 0 unspecified atom stereocenters. The van der Waals surface area contributed by atoms with Crippen molar-refractivity contribution in [1.82, 2.24) is 15.5 Å². The van der Waals surface area contributed by atoms with Crippen LogP contribution in [0, 0.1) is 0 Å². The monoisotopic (exact) mass is 366 g/mol. The number of carbonyl (C=O) groups is 2. The van der Waals surface area contributed by atoms with Gasteiger partial charge >= 0.3 is 0 Å². The molecule has 2 amide bonds. The first-order valence-electron chi connectivity index (χ1n) is 8.81. The Morgan fingerprint density at radius 3 is 2.60 bits per heavy atom. The average Bonchev–Trinajstić information content (AvgIpc) is 2.86. The highest BCUT2D eigenvalue weighted by Crippen LogP contribution is 2.21. The Bertz CT molecular complexity index is 571. The number of hydrogen-bond donors (Lipinski definition) is 2. The number of carbonyl (C=O) groups excluding carboxylic acids is 2. The van der Waals surface area contributed by atoms with Gasteiger partial charge in [-0.2, -0.15) is 0 Å². The number of anilines is 1. The molecule has 1 aromatic rings. The van der Waals surface area contributed by atoms with Crippen LogP contribution in [0.2, 0.25) is 0 Å². The van der Waals surface area contributed by atoms with Crippen LogP contribution in [0.5, 0.6) is 0 Å². The second kappa shape index (κ2) is 9.75. The summed E-state index contributed by atoms with van der Waals surface area (Å²) >= 11 is 0. The van der Waals surface area contributed by atoms with Gasteiger partial charge in [0.1, 0.15) is 0 Å². The van der Waals surface area contributed by atoms with E-state index in [-0.39, 0.29) is 24.2 Å². The molecule has 25 heavy (non-hydrogen) atoms. The van der Waals surface area contributed by atoms with Crippen LogP contribution in [0.4, 0.5) is 5.69 Å². The molecular weight excluding hydrogens is 340 g/mol. The summed E-state index contributed by atoms with van der Waals surface area (Å²) in [6.07, 6.45) is 2.66. The van der Waals surface area contributed by atoms with E-state index in [9.17, 15) is 9.59 Å². The van der Waals surface area contributed by atoms with Crippen LogP contribution in [-0.4, -0.2) is 56.0 Å². The first-order valence-corrected chi connectivity index (χ1v) is 8.81. The summed E-state index contributed by atoms with van der Waals surface area (Å²) in [5.41, 5.74) is 2.00. The lowest BCUT2D eigenvalue weighted by Gasteiger charge is -2.19. The predicted molar refractivity (Wildman–Crippen MR) is 101 cm³/mol. The number of amides is 2. The Labute approximate surface area is 155 Å². The summed E-state index contributed by atoms with van der Waals surface area (Å²) in [4.78, 5) is 27.9. The van der Waals surface area contributed by atoms with E-state index >= 15 is 0 Å². The molecule has 0 aromatic heterocycles. The van der Waals surface area contributed by atoms with Gasteiger partial charge in [0.15, 0.2) is 0 Å². The van der Waals surface area contributed by atoms with Crippen molar-refractivity contribution in [2.24, 2.45) is 0 Å². The zero-order valence-electron chi connectivity index (χ0n) is 14.5. The number of nitrogens with zero attached hydrogens (tertiary/aromatic N) is 2. The Morgan fingerprint density at radius 2 is 1.88 bits per heavy atom. The molecule has 0 radical (unpaired) electrons. The van der Waals surface area contributed by atoms with Crippen molar-refractivity contribution >= 4 is 29.9 Å². The van der Waals surface area contributed by atoms with E-state index in [0.29, 0.717) is 19.5 Å². The number of nitrogens with one attached hydrogen (secondary N) is 2. The zero-order chi connectivity index (χ0) is 16.8. The third-order valence-corrected chi connectivity index (χ3v) is 4.61. The zero-order valence-corrected chi connectivity index (χ0v) is 15.3. The second-order valence-corrected chi connectivity index (χ2v) is 6.47. The Morgan fingerprint density at radius 1 is 1.08 bits per heavy atom. The minimum atomic E-state index is 0. The van der Waals surface area contributed by atoms with Crippen LogP contribution in [0.3, 0.4) is 0 Å². The minimum Gasteiger partial charge on any atom is -0.351 e. The van der Waals surface area contributed by atoms with Gasteiger partial charge in [-0.05, 0) is 43.6 Å². The molecule has 0 atom stereocenters. The highest BCUT2D eigenvalue weighted by Gasteiger charge is 2.21. The topological polar surface area (TPSA) is 64.7 Å². The maximum atomic E-state index is 12.1. The van der Waals surface area contributed by atoms with E-state index in [0.717, 1.165) is 56.8 Å². The fraction of sp³-hybridized carbons (Fsp3) is 0.556. The lowest BCUT2D eigenvalue weighted by atomic mass is 10.2.